The van der Waals surface area contributed by atoms with Gasteiger partial charge in [0.05, 0.1) is 23.7 Å². The van der Waals surface area contributed by atoms with Crippen molar-refractivity contribution in [2.45, 2.75) is 19.1 Å². The summed E-state index contributed by atoms with van der Waals surface area (Å²) in [5.41, 5.74) is 2.44. The zero-order valence-corrected chi connectivity index (χ0v) is 19.1. The van der Waals surface area contributed by atoms with Gasteiger partial charge in [0, 0.05) is 50.9 Å². The van der Waals surface area contributed by atoms with Crippen molar-refractivity contribution in [3.8, 4) is 0 Å². The van der Waals surface area contributed by atoms with Gasteiger partial charge in [0.1, 0.15) is 6.17 Å². The van der Waals surface area contributed by atoms with Crippen molar-refractivity contribution in [1.29, 1.82) is 0 Å². The number of aliphatic imine (C=N–C) groups is 1. The van der Waals surface area contributed by atoms with Crippen molar-refractivity contribution in [3.05, 3.63) is 58.9 Å². The van der Waals surface area contributed by atoms with Gasteiger partial charge in [-0.1, -0.05) is 23.7 Å². The Morgan fingerprint density at radius 2 is 1.87 bits per heavy atom. The van der Waals surface area contributed by atoms with E-state index in [9.17, 15) is 13.2 Å². The van der Waals surface area contributed by atoms with Gasteiger partial charge in [-0.25, -0.2) is 8.42 Å². The molecule has 31 heavy (non-hydrogen) atoms. The van der Waals surface area contributed by atoms with E-state index in [-0.39, 0.29) is 18.1 Å². The van der Waals surface area contributed by atoms with Gasteiger partial charge in [-0.15, -0.1) is 0 Å². The van der Waals surface area contributed by atoms with Crippen molar-refractivity contribution in [2.75, 3.05) is 39.0 Å². The molecule has 0 aliphatic carbocycles. The van der Waals surface area contributed by atoms with Crippen molar-refractivity contribution in [1.82, 2.24) is 19.4 Å². The largest absolute Gasteiger partial charge is 0.341 e. The van der Waals surface area contributed by atoms with Crippen LogP contribution in [0.5, 0.6) is 0 Å². The number of allylic oxidation sites excluding steroid dienone is 1. The number of benzene rings is 1. The average Bonchev–Trinajstić information content (AvgIpc) is 3.05. The van der Waals surface area contributed by atoms with E-state index >= 15 is 0 Å². The zero-order chi connectivity index (χ0) is 22.2. The van der Waals surface area contributed by atoms with Crippen LogP contribution in [0.25, 0.3) is 0 Å². The predicted molar refractivity (Wildman–Crippen MR) is 121 cm³/mol. The minimum atomic E-state index is -3.38. The van der Waals surface area contributed by atoms with Gasteiger partial charge in [0.2, 0.25) is 15.9 Å². The number of sulfonamides is 1. The fourth-order valence-corrected chi connectivity index (χ4v) is 4.83. The quantitative estimate of drug-likeness (QED) is 0.710. The van der Waals surface area contributed by atoms with Gasteiger partial charge < -0.3 is 9.80 Å². The lowest BCUT2D eigenvalue weighted by molar-refractivity contribution is -0.130. The van der Waals surface area contributed by atoms with Gasteiger partial charge >= 0.3 is 0 Å². The van der Waals surface area contributed by atoms with Crippen molar-refractivity contribution >= 4 is 33.2 Å². The van der Waals surface area contributed by atoms with Crippen LogP contribution < -0.4 is 4.72 Å². The number of rotatable bonds is 5. The summed E-state index contributed by atoms with van der Waals surface area (Å²) < 4.78 is 26.0. The Bertz CT molecular complexity index is 1040. The number of carbonyl (C=O) groups excluding carboxylic acids is 1. The molecule has 1 N–H and O–H groups in total. The molecule has 3 aliphatic heterocycles. The molecule has 166 valence electrons. The van der Waals surface area contributed by atoms with Gasteiger partial charge in [0.25, 0.3) is 0 Å². The summed E-state index contributed by atoms with van der Waals surface area (Å²) in [5.74, 6) is 0.101. The molecular formula is C21H26ClN5O3S. The molecule has 3 aliphatic rings. The Morgan fingerprint density at radius 3 is 2.48 bits per heavy atom. The molecular weight excluding hydrogens is 438 g/mol. The van der Waals surface area contributed by atoms with Crippen LogP contribution in [0.1, 0.15) is 12.5 Å². The average molecular weight is 464 g/mol. The van der Waals surface area contributed by atoms with E-state index in [0.717, 1.165) is 37.2 Å². The summed E-state index contributed by atoms with van der Waals surface area (Å²) in [6.07, 6.45) is 6.42. The van der Waals surface area contributed by atoms with Gasteiger partial charge in [-0.2, -0.15) is 0 Å². The van der Waals surface area contributed by atoms with Gasteiger partial charge in [0.15, 0.2) is 0 Å². The van der Waals surface area contributed by atoms with Crippen LogP contribution >= 0.6 is 11.6 Å². The second kappa shape index (κ2) is 8.64. The lowest BCUT2D eigenvalue weighted by atomic mass is 10.0. The molecule has 4 rings (SSSR count). The Kier molecular flexibility index (Phi) is 6.09. The molecule has 1 saturated heterocycles. The number of amides is 1. The first-order valence-electron chi connectivity index (χ1n) is 10.2. The molecule has 1 amide bonds. The molecule has 0 aromatic heterocycles. The Hall–Kier alpha value is -2.36. The molecule has 0 saturated carbocycles. The summed E-state index contributed by atoms with van der Waals surface area (Å²) in [6.45, 7) is 5.31. The second-order valence-electron chi connectivity index (χ2n) is 8.02. The fourth-order valence-electron chi connectivity index (χ4n) is 4.16. The van der Waals surface area contributed by atoms with Gasteiger partial charge in [-0.3, -0.25) is 19.4 Å². The highest BCUT2D eigenvalue weighted by Gasteiger charge is 2.37. The molecule has 0 spiro atoms. The first kappa shape index (κ1) is 21.9. The molecule has 2 unspecified atom stereocenters. The molecule has 3 heterocycles. The number of piperazine rings is 1. The van der Waals surface area contributed by atoms with E-state index in [1.807, 2.05) is 41.4 Å². The van der Waals surface area contributed by atoms with E-state index in [0.29, 0.717) is 23.8 Å². The predicted octanol–water partition coefficient (Wildman–Crippen LogP) is 1.26. The minimum absolute atomic E-state index is 0.0589. The summed E-state index contributed by atoms with van der Waals surface area (Å²) >= 11 is 6.08. The number of nitrogens with one attached hydrogen (secondary N) is 1. The molecule has 0 bridgehead atoms. The highest BCUT2D eigenvalue weighted by atomic mass is 35.5. The van der Waals surface area contributed by atoms with Crippen LogP contribution in [-0.2, 0) is 14.8 Å². The number of hydrogen-bond donors (Lipinski definition) is 1. The number of halogens is 1. The normalized spacial score (nSPS) is 24.0. The van der Waals surface area contributed by atoms with Crippen LogP contribution in [-0.4, -0.2) is 85.9 Å². The molecule has 2 atom stereocenters. The third-order valence-corrected chi connectivity index (χ3v) is 6.54. The number of carbonyl (C=O) groups is 1. The zero-order valence-electron chi connectivity index (χ0n) is 17.5. The van der Waals surface area contributed by atoms with E-state index in [1.54, 1.807) is 13.0 Å². The maximum Gasteiger partial charge on any atom is 0.229 e. The van der Waals surface area contributed by atoms with Gasteiger partial charge in [-0.05, 0) is 29.8 Å². The number of hydrogen-bond acceptors (Lipinski definition) is 6. The third kappa shape index (κ3) is 5.11. The second-order valence-corrected chi connectivity index (χ2v) is 10.2. The van der Waals surface area contributed by atoms with E-state index < -0.39 is 10.0 Å². The molecule has 1 fully saturated rings. The van der Waals surface area contributed by atoms with E-state index in [4.69, 9.17) is 16.6 Å². The van der Waals surface area contributed by atoms with Crippen LogP contribution in [0.2, 0.25) is 5.02 Å². The first-order valence-corrected chi connectivity index (χ1v) is 12.4. The maximum atomic E-state index is 11.7. The molecule has 8 nitrogen and oxygen atoms in total. The lowest BCUT2D eigenvalue weighted by Gasteiger charge is -2.38. The van der Waals surface area contributed by atoms with E-state index in [1.165, 1.54) is 0 Å². The summed E-state index contributed by atoms with van der Waals surface area (Å²) in [7, 11) is -3.38. The summed E-state index contributed by atoms with van der Waals surface area (Å²) in [5, 5.41) is 0.663. The maximum absolute atomic E-state index is 11.7. The SMILES string of the molecule is CC(=O)N1CCN(CC2C(c3ccc(Cl)cc3)=NC3C=CC(NS(C)(=O)=O)=CN32)CC1. The summed E-state index contributed by atoms with van der Waals surface area (Å²) in [4.78, 5) is 22.9. The molecule has 0 radical (unpaired) electrons. The fraction of sp³-hybridized carbons (Fsp3) is 0.429. The number of fused-ring (bicyclic) bond motifs is 1. The minimum Gasteiger partial charge on any atom is -0.341 e. The lowest BCUT2D eigenvalue weighted by Crippen LogP contribution is -2.53. The number of nitrogens with zero attached hydrogens (tertiary/aromatic N) is 4. The smallest absolute Gasteiger partial charge is 0.229 e. The van der Waals surface area contributed by atoms with Crippen LogP contribution in [0, 0.1) is 0 Å². The first-order chi connectivity index (χ1) is 14.7. The topological polar surface area (TPSA) is 85.3 Å². The molecule has 10 heteroatoms. The Labute approximate surface area is 187 Å². The van der Waals surface area contributed by atoms with Crippen LogP contribution in [0.3, 0.4) is 0 Å². The van der Waals surface area contributed by atoms with Crippen molar-refractivity contribution in [3.63, 3.8) is 0 Å². The standard InChI is InChI=1S/C21H26ClN5O3S/c1-15(28)26-11-9-25(10-12-26)14-19-21(16-3-5-17(22)6-4-16)23-20-8-7-18(13-27(19)20)24-31(2,29)30/h3-8,13,19-20,24H,9-12,14H2,1-2H3. The Morgan fingerprint density at radius 1 is 1.19 bits per heavy atom. The third-order valence-electron chi connectivity index (χ3n) is 5.68. The van der Waals surface area contributed by atoms with E-state index in [2.05, 4.69) is 14.5 Å². The Balaban J connectivity index is 1.59. The van der Waals surface area contributed by atoms with Crippen molar-refractivity contribution < 1.29 is 13.2 Å². The highest BCUT2D eigenvalue weighted by Crippen LogP contribution is 2.28. The van der Waals surface area contributed by atoms with Crippen molar-refractivity contribution in [2.24, 2.45) is 4.99 Å². The monoisotopic (exact) mass is 463 g/mol. The van der Waals surface area contributed by atoms with Crippen LogP contribution in [0.15, 0.2) is 53.3 Å². The molecule has 1 aromatic carbocycles. The van der Waals surface area contributed by atoms with Crippen LogP contribution in [0.4, 0.5) is 0 Å². The molecule has 1 aromatic rings. The summed E-state index contributed by atoms with van der Waals surface area (Å²) in [6, 6.07) is 7.56. The highest BCUT2D eigenvalue weighted by molar-refractivity contribution is 7.88.